The minimum atomic E-state index is 1.07. The van der Waals surface area contributed by atoms with Crippen molar-refractivity contribution < 1.29 is 0 Å². The summed E-state index contributed by atoms with van der Waals surface area (Å²) in [7, 11) is 0. The first-order chi connectivity index (χ1) is 34.8. The van der Waals surface area contributed by atoms with Crippen LogP contribution in [0.3, 0.4) is 0 Å². The summed E-state index contributed by atoms with van der Waals surface area (Å²) in [6, 6.07) is 102. The van der Waals surface area contributed by atoms with Crippen molar-refractivity contribution in [3.8, 4) is 61.3 Å². The predicted octanol–water partition coefficient (Wildman–Crippen LogP) is 18.9. The molecule has 0 bridgehead atoms. The van der Waals surface area contributed by atoms with E-state index in [9.17, 15) is 0 Å². The number of benzene rings is 12. The lowest BCUT2D eigenvalue weighted by atomic mass is 9.84. The van der Waals surface area contributed by atoms with Gasteiger partial charge in [0, 0.05) is 33.4 Å². The van der Waals surface area contributed by atoms with Crippen molar-refractivity contribution in [2.45, 2.75) is 0 Å². The maximum absolute atomic E-state index is 2.44. The molecule has 2 nitrogen and oxygen atoms in total. The number of rotatable bonds is 9. The average Bonchev–Trinajstić information content (AvgIpc) is 3.79. The van der Waals surface area contributed by atoms with E-state index in [0.717, 1.165) is 39.4 Å². The number of fused-ring (bicyclic) bond motifs is 6. The number of anilines is 3. The summed E-state index contributed by atoms with van der Waals surface area (Å²) in [6.07, 6.45) is 0. The van der Waals surface area contributed by atoms with E-state index >= 15 is 0 Å². The van der Waals surface area contributed by atoms with Crippen LogP contribution in [0.25, 0.3) is 105 Å². The molecule has 0 unspecified atom stereocenters. The second kappa shape index (κ2) is 17.4. The highest BCUT2D eigenvalue weighted by Crippen LogP contribution is 2.48. The van der Waals surface area contributed by atoms with Gasteiger partial charge in [-0.1, -0.05) is 218 Å². The molecule has 328 valence electrons. The molecule has 0 aliphatic heterocycles. The molecule has 0 atom stereocenters. The Labute approximate surface area is 408 Å². The SMILES string of the molecule is c1ccc(-c2cccc(N(c3ccc(-c4ccc5c(c4)c(-c4ccccc4)c(-c4ccccc4)c4ccccc45)cc3)c3ccccc3-c3cccc4c3c3ccccc3n4-c3ccccc3)c2)cc1. The maximum atomic E-state index is 2.44. The van der Waals surface area contributed by atoms with E-state index in [1.807, 2.05) is 0 Å². The van der Waals surface area contributed by atoms with Gasteiger partial charge in [0.2, 0.25) is 0 Å². The molecule has 1 aromatic heterocycles. The molecule has 0 aliphatic rings. The van der Waals surface area contributed by atoms with E-state index in [1.54, 1.807) is 0 Å². The maximum Gasteiger partial charge on any atom is 0.0547 e. The van der Waals surface area contributed by atoms with Gasteiger partial charge >= 0.3 is 0 Å². The number of nitrogens with zero attached hydrogens (tertiary/aromatic N) is 2. The van der Waals surface area contributed by atoms with Gasteiger partial charge in [-0.15, -0.1) is 0 Å². The van der Waals surface area contributed by atoms with Gasteiger partial charge in [0.15, 0.2) is 0 Å². The number of aromatic nitrogens is 1. The third-order valence-electron chi connectivity index (χ3n) is 14.0. The Morgan fingerprint density at radius 3 is 1.47 bits per heavy atom. The van der Waals surface area contributed by atoms with Gasteiger partial charge in [0.1, 0.15) is 0 Å². The summed E-state index contributed by atoms with van der Waals surface area (Å²) in [5.41, 5.74) is 18.7. The molecule has 2 heteroatoms. The molecule has 0 radical (unpaired) electrons. The largest absolute Gasteiger partial charge is 0.310 e. The Kier molecular flexibility index (Phi) is 10.2. The number of hydrogen-bond acceptors (Lipinski definition) is 1. The molecular weight excluding hydrogens is 845 g/mol. The monoisotopic (exact) mass is 890 g/mol. The van der Waals surface area contributed by atoms with Gasteiger partial charge in [-0.25, -0.2) is 0 Å². The van der Waals surface area contributed by atoms with Crippen molar-refractivity contribution in [1.82, 2.24) is 4.57 Å². The van der Waals surface area contributed by atoms with Crippen LogP contribution < -0.4 is 4.90 Å². The third-order valence-corrected chi connectivity index (χ3v) is 14.0. The molecule has 13 aromatic rings. The lowest BCUT2D eigenvalue weighted by molar-refractivity contribution is 1.18. The molecule has 0 N–H and O–H groups in total. The second-order valence-corrected chi connectivity index (χ2v) is 18.0. The Morgan fingerprint density at radius 1 is 0.257 bits per heavy atom. The molecule has 0 aliphatic carbocycles. The van der Waals surface area contributed by atoms with Crippen molar-refractivity contribution in [2.24, 2.45) is 0 Å². The van der Waals surface area contributed by atoms with E-state index in [-0.39, 0.29) is 0 Å². The highest BCUT2D eigenvalue weighted by Gasteiger charge is 2.23. The number of para-hydroxylation sites is 3. The van der Waals surface area contributed by atoms with Gasteiger partial charge in [-0.3, -0.25) is 0 Å². The minimum Gasteiger partial charge on any atom is -0.310 e. The quantitative estimate of drug-likeness (QED) is 0.131. The highest BCUT2D eigenvalue weighted by molar-refractivity contribution is 6.22. The van der Waals surface area contributed by atoms with Crippen LogP contribution in [0.2, 0.25) is 0 Å². The second-order valence-electron chi connectivity index (χ2n) is 18.0. The molecule has 0 fully saturated rings. The van der Waals surface area contributed by atoms with Crippen LogP contribution in [-0.4, -0.2) is 4.57 Å². The van der Waals surface area contributed by atoms with E-state index in [2.05, 4.69) is 289 Å². The molecule has 1 heterocycles. The van der Waals surface area contributed by atoms with Crippen LogP contribution >= 0.6 is 0 Å². The zero-order valence-electron chi connectivity index (χ0n) is 38.5. The summed E-state index contributed by atoms with van der Waals surface area (Å²) < 4.78 is 2.40. The highest BCUT2D eigenvalue weighted by atomic mass is 15.1. The lowest BCUT2D eigenvalue weighted by Crippen LogP contribution is -2.11. The Bertz CT molecular complexity index is 4020. The van der Waals surface area contributed by atoms with Crippen LogP contribution in [-0.2, 0) is 0 Å². The Balaban J connectivity index is 0.996. The van der Waals surface area contributed by atoms with Crippen LogP contribution in [0.1, 0.15) is 0 Å². The molecule has 0 spiro atoms. The molecular formula is C68H46N2. The van der Waals surface area contributed by atoms with Crippen molar-refractivity contribution >= 4 is 60.4 Å². The zero-order chi connectivity index (χ0) is 46.4. The summed E-state index contributed by atoms with van der Waals surface area (Å²) in [5, 5.41) is 7.46. The fourth-order valence-corrected chi connectivity index (χ4v) is 10.9. The smallest absolute Gasteiger partial charge is 0.0547 e. The average molecular weight is 891 g/mol. The minimum absolute atomic E-state index is 1.07. The van der Waals surface area contributed by atoms with E-state index in [0.29, 0.717) is 0 Å². The molecule has 13 rings (SSSR count). The third kappa shape index (κ3) is 7.05. The Morgan fingerprint density at radius 2 is 0.743 bits per heavy atom. The fraction of sp³-hybridized carbons (Fsp3) is 0. The molecule has 0 saturated heterocycles. The van der Waals surface area contributed by atoms with Crippen LogP contribution in [0.15, 0.2) is 279 Å². The van der Waals surface area contributed by atoms with Gasteiger partial charge in [0.05, 0.1) is 16.7 Å². The summed E-state index contributed by atoms with van der Waals surface area (Å²) >= 11 is 0. The summed E-state index contributed by atoms with van der Waals surface area (Å²) in [6.45, 7) is 0. The summed E-state index contributed by atoms with van der Waals surface area (Å²) in [5.74, 6) is 0. The first kappa shape index (κ1) is 41.0. The van der Waals surface area contributed by atoms with Crippen LogP contribution in [0.4, 0.5) is 17.1 Å². The zero-order valence-corrected chi connectivity index (χ0v) is 38.5. The molecule has 0 saturated carbocycles. The van der Waals surface area contributed by atoms with Crippen LogP contribution in [0.5, 0.6) is 0 Å². The molecule has 0 amide bonds. The molecule has 12 aromatic carbocycles. The molecule has 70 heavy (non-hydrogen) atoms. The predicted molar refractivity (Wildman–Crippen MR) is 298 cm³/mol. The Hall–Kier alpha value is -9.24. The van der Waals surface area contributed by atoms with E-state index in [1.165, 1.54) is 82.3 Å². The summed E-state index contributed by atoms with van der Waals surface area (Å²) in [4.78, 5) is 2.44. The van der Waals surface area contributed by atoms with Gasteiger partial charge < -0.3 is 9.47 Å². The van der Waals surface area contributed by atoms with Crippen molar-refractivity contribution in [3.05, 3.63) is 279 Å². The van der Waals surface area contributed by atoms with Crippen molar-refractivity contribution in [1.29, 1.82) is 0 Å². The number of hydrogen-bond donors (Lipinski definition) is 0. The normalized spacial score (nSPS) is 11.4. The topological polar surface area (TPSA) is 8.17 Å². The van der Waals surface area contributed by atoms with Crippen molar-refractivity contribution in [2.75, 3.05) is 4.90 Å². The first-order valence-corrected chi connectivity index (χ1v) is 24.1. The van der Waals surface area contributed by atoms with Gasteiger partial charge in [-0.05, 0) is 132 Å². The van der Waals surface area contributed by atoms with E-state index < -0.39 is 0 Å². The van der Waals surface area contributed by atoms with Crippen molar-refractivity contribution in [3.63, 3.8) is 0 Å². The van der Waals surface area contributed by atoms with Crippen LogP contribution in [0, 0.1) is 0 Å². The fourth-order valence-electron chi connectivity index (χ4n) is 10.9. The van der Waals surface area contributed by atoms with Gasteiger partial charge in [0.25, 0.3) is 0 Å². The van der Waals surface area contributed by atoms with E-state index in [4.69, 9.17) is 0 Å². The lowest BCUT2D eigenvalue weighted by Gasteiger charge is -2.28. The standard InChI is InChI=1S/C68H46N2/c1-5-21-47(22-6-1)51-27-19-30-55(45-51)69(63-36-17-15-32-58(63)60-35-20-38-65-68(60)61-34-16-18-37-64(61)70(65)53-28-11-4-12-29-53)54-42-39-48(40-43-54)52-41-44-57-56-31-13-14-33-59(56)66(49-23-7-2-8-24-49)67(62(57)46-52)50-25-9-3-10-26-50/h1-46H. The first-order valence-electron chi connectivity index (χ1n) is 24.1. The van der Waals surface area contributed by atoms with Gasteiger partial charge in [-0.2, -0.15) is 0 Å².